The van der Waals surface area contributed by atoms with E-state index in [-0.39, 0.29) is 24.4 Å². The van der Waals surface area contributed by atoms with Crippen molar-refractivity contribution in [2.24, 2.45) is 0 Å². The lowest BCUT2D eigenvalue weighted by Gasteiger charge is -2.30. The van der Waals surface area contributed by atoms with E-state index >= 15 is 0 Å². The van der Waals surface area contributed by atoms with Gasteiger partial charge in [0, 0.05) is 25.8 Å². The number of morpholine rings is 1. The normalized spacial score (nSPS) is 16.8. The van der Waals surface area contributed by atoms with Crippen LogP contribution in [0.15, 0.2) is 53.2 Å². The Hall–Kier alpha value is -4.62. The molecular formula is C29H33N9O4. The van der Waals surface area contributed by atoms with Gasteiger partial charge in [-0.2, -0.15) is 9.97 Å². The lowest BCUT2D eigenvalue weighted by atomic mass is 9.99. The highest BCUT2D eigenvalue weighted by atomic mass is 16.5. The summed E-state index contributed by atoms with van der Waals surface area (Å²) in [4.78, 5) is 35.3. The zero-order valence-corrected chi connectivity index (χ0v) is 23.7. The molecule has 218 valence electrons. The average Bonchev–Trinajstić information content (AvgIpc) is 3.57. The van der Waals surface area contributed by atoms with E-state index < -0.39 is 11.6 Å². The number of hydrogen-bond acceptors (Lipinski definition) is 12. The second-order valence-electron chi connectivity index (χ2n) is 10.6. The molecule has 0 bridgehead atoms. The van der Waals surface area contributed by atoms with E-state index in [1.807, 2.05) is 56.0 Å². The summed E-state index contributed by atoms with van der Waals surface area (Å²) in [7, 11) is 0. The van der Waals surface area contributed by atoms with E-state index in [4.69, 9.17) is 19.2 Å². The third kappa shape index (κ3) is 5.12. The summed E-state index contributed by atoms with van der Waals surface area (Å²) in [5, 5.41) is 20.9. The molecule has 2 aliphatic rings. The number of pyridine rings is 1. The van der Waals surface area contributed by atoms with Crippen molar-refractivity contribution in [3.8, 4) is 11.5 Å². The predicted octanol–water partition coefficient (Wildman–Crippen LogP) is 3.36. The van der Waals surface area contributed by atoms with Crippen LogP contribution in [0.4, 0.5) is 23.5 Å². The Morgan fingerprint density at radius 2 is 1.83 bits per heavy atom. The lowest BCUT2D eigenvalue weighted by Crippen LogP contribution is -2.39. The molecule has 3 N–H and O–H groups in total. The van der Waals surface area contributed by atoms with Crippen molar-refractivity contribution >= 4 is 29.4 Å². The fraction of sp³-hybridized carbons (Fsp3) is 0.379. The molecule has 5 heterocycles. The molecule has 0 unspecified atom stereocenters. The van der Waals surface area contributed by atoms with Gasteiger partial charge >= 0.3 is 0 Å². The summed E-state index contributed by atoms with van der Waals surface area (Å²) in [6.07, 6.45) is 1.59. The number of nitrogens with zero attached hydrogens (tertiary/aromatic N) is 7. The van der Waals surface area contributed by atoms with Crippen LogP contribution in [0.1, 0.15) is 48.4 Å². The molecule has 1 aromatic carbocycles. The number of aliphatic hydroxyl groups is 1. The van der Waals surface area contributed by atoms with Crippen molar-refractivity contribution in [1.29, 1.82) is 0 Å². The van der Waals surface area contributed by atoms with E-state index in [1.165, 1.54) is 0 Å². The van der Waals surface area contributed by atoms with Crippen LogP contribution >= 0.6 is 0 Å². The first-order chi connectivity index (χ1) is 20.4. The number of benzene rings is 1. The molecule has 1 atom stereocenters. The molecule has 1 saturated heterocycles. The number of aromatic nitrogens is 5. The SMILES string of the molecule is CCN1C(=O)c2ccc(Nc3ncc(-c4nc(N5CCOCC5)no4)c(N[C@H](CO)c4ccccc4)n3)nc2C1(C)C. The minimum Gasteiger partial charge on any atom is -0.394 e. The van der Waals surface area contributed by atoms with Crippen molar-refractivity contribution in [1.82, 2.24) is 30.0 Å². The Bertz CT molecular complexity index is 1570. The maximum atomic E-state index is 12.9. The predicted molar refractivity (Wildman–Crippen MR) is 156 cm³/mol. The molecular weight excluding hydrogens is 538 g/mol. The van der Waals surface area contributed by atoms with Crippen LogP contribution in [0.25, 0.3) is 11.5 Å². The number of anilines is 4. The van der Waals surface area contributed by atoms with Gasteiger partial charge in [-0.15, -0.1) is 0 Å². The lowest BCUT2D eigenvalue weighted by molar-refractivity contribution is 0.0631. The van der Waals surface area contributed by atoms with E-state index in [9.17, 15) is 9.90 Å². The van der Waals surface area contributed by atoms with Crippen molar-refractivity contribution < 1.29 is 19.2 Å². The van der Waals surface area contributed by atoms with Crippen molar-refractivity contribution in [3.05, 3.63) is 65.5 Å². The molecule has 3 aromatic heterocycles. The second kappa shape index (κ2) is 11.3. The molecule has 13 heteroatoms. The number of nitrogens with one attached hydrogen (secondary N) is 2. The van der Waals surface area contributed by atoms with Crippen LogP contribution in [0, 0.1) is 0 Å². The number of rotatable bonds is 9. The molecule has 2 aliphatic heterocycles. The molecule has 6 rings (SSSR count). The maximum Gasteiger partial charge on any atom is 0.266 e. The second-order valence-corrected chi connectivity index (χ2v) is 10.6. The number of amides is 1. The number of aliphatic hydroxyl groups excluding tert-OH is 1. The Kier molecular flexibility index (Phi) is 7.43. The molecule has 0 saturated carbocycles. The van der Waals surface area contributed by atoms with Crippen molar-refractivity contribution in [3.63, 3.8) is 0 Å². The van der Waals surface area contributed by atoms with Crippen molar-refractivity contribution in [2.75, 3.05) is 55.0 Å². The third-order valence-corrected chi connectivity index (χ3v) is 7.61. The van der Waals surface area contributed by atoms with Gasteiger partial charge in [-0.3, -0.25) is 4.79 Å². The monoisotopic (exact) mass is 571 g/mol. The summed E-state index contributed by atoms with van der Waals surface area (Å²) in [5.74, 6) is 1.83. The smallest absolute Gasteiger partial charge is 0.266 e. The Balaban J connectivity index is 1.33. The molecule has 0 radical (unpaired) electrons. The van der Waals surface area contributed by atoms with Crippen LogP contribution in [0.2, 0.25) is 0 Å². The molecule has 4 aromatic rings. The first-order valence-electron chi connectivity index (χ1n) is 14.0. The van der Waals surface area contributed by atoms with Gasteiger partial charge in [0.05, 0.1) is 42.7 Å². The van der Waals surface area contributed by atoms with E-state index in [0.29, 0.717) is 67.3 Å². The first-order valence-corrected chi connectivity index (χ1v) is 14.0. The highest BCUT2D eigenvalue weighted by Crippen LogP contribution is 2.38. The highest BCUT2D eigenvalue weighted by Gasteiger charge is 2.43. The van der Waals surface area contributed by atoms with Gasteiger partial charge in [-0.05, 0) is 43.6 Å². The number of hydrogen-bond donors (Lipinski definition) is 3. The molecule has 0 spiro atoms. The topological polar surface area (TPSA) is 155 Å². The van der Waals surface area contributed by atoms with Gasteiger partial charge in [-0.25, -0.2) is 9.97 Å². The average molecular weight is 572 g/mol. The van der Waals surface area contributed by atoms with Crippen LogP contribution in [0.5, 0.6) is 0 Å². The van der Waals surface area contributed by atoms with Crippen LogP contribution in [-0.2, 0) is 10.3 Å². The summed E-state index contributed by atoms with van der Waals surface area (Å²) >= 11 is 0. The number of fused-ring (bicyclic) bond motifs is 1. The highest BCUT2D eigenvalue weighted by molar-refractivity contribution is 5.99. The third-order valence-electron chi connectivity index (χ3n) is 7.61. The number of carbonyl (C=O) groups excluding carboxylic acids is 1. The van der Waals surface area contributed by atoms with Gasteiger partial charge < -0.3 is 34.8 Å². The molecule has 1 amide bonds. The molecule has 42 heavy (non-hydrogen) atoms. The minimum atomic E-state index is -0.545. The number of carbonyl (C=O) groups is 1. The first kappa shape index (κ1) is 27.5. The zero-order chi connectivity index (χ0) is 29.3. The zero-order valence-electron chi connectivity index (χ0n) is 23.7. The summed E-state index contributed by atoms with van der Waals surface area (Å²) in [6, 6.07) is 12.6. The van der Waals surface area contributed by atoms with Crippen LogP contribution < -0.4 is 15.5 Å². The van der Waals surface area contributed by atoms with E-state index in [0.717, 1.165) is 5.56 Å². The van der Waals surface area contributed by atoms with Gasteiger partial charge in [0.25, 0.3) is 17.7 Å². The van der Waals surface area contributed by atoms with Crippen LogP contribution in [-0.4, -0.2) is 80.5 Å². The van der Waals surface area contributed by atoms with E-state index in [1.54, 1.807) is 23.2 Å². The van der Waals surface area contributed by atoms with Gasteiger partial charge in [-0.1, -0.05) is 30.3 Å². The Labute approximate surface area is 243 Å². The fourth-order valence-corrected chi connectivity index (χ4v) is 5.36. The Morgan fingerprint density at radius 1 is 1.05 bits per heavy atom. The van der Waals surface area contributed by atoms with Gasteiger partial charge in [0.2, 0.25) is 5.95 Å². The van der Waals surface area contributed by atoms with Crippen LogP contribution in [0.3, 0.4) is 0 Å². The van der Waals surface area contributed by atoms with E-state index in [2.05, 4.69) is 25.8 Å². The van der Waals surface area contributed by atoms with Crippen molar-refractivity contribution in [2.45, 2.75) is 32.4 Å². The standard InChI is InChI=1S/C29H33N9O4/c1-4-38-26(40)19-10-11-22(32-23(19)29(38,2)3)33-27-30-16-20(25-35-28(36-42-25)37-12-14-41-15-13-37)24(34-27)31-21(17-39)18-8-6-5-7-9-18/h5-11,16,21,39H,4,12-15,17H2,1-3H3,(H2,30,31,32,33,34)/t21-/m1/s1. The minimum absolute atomic E-state index is 0.0318. The van der Waals surface area contributed by atoms with Gasteiger partial charge in [0.15, 0.2) is 0 Å². The molecule has 0 aliphatic carbocycles. The molecule has 1 fully saturated rings. The molecule has 13 nitrogen and oxygen atoms in total. The largest absolute Gasteiger partial charge is 0.394 e. The van der Waals surface area contributed by atoms with Gasteiger partial charge in [0.1, 0.15) is 17.2 Å². The summed E-state index contributed by atoms with van der Waals surface area (Å²) in [5.41, 5.74) is 2.10. The summed E-state index contributed by atoms with van der Waals surface area (Å²) in [6.45, 7) is 8.84. The Morgan fingerprint density at radius 3 is 2.57 bits per heavy atom. The quantitative estimate of drug-likeness (QED) is 0.270. The fourth-order valence-electron chi connectivity index (χ4n) is 5.36. The maximum absolute atomic E-state index is 12.9. The number of ether oxygens (including phenoxy) is 1. The summed E-state index contributed by atoms with van der Waals surface area (Å²) < 4.78 is 11.1.